The minimum absolute atomic E-state index is 0.146. The van der Waals surface area contributed by atoms with Gasteiger partial charge in [0.25, 0.3) is 0 Å². The molecule has 2 aromatic rings. The number of hydrogen-bond acceptors (Lipinski definition) is 4. The molecule has 0 spiro atoms. The Morgan fingerprint density at radius 1 is 1.33 bits per heavy atom. The van der Waals surface area contributed by atoms with Gasteiger partial charge in [0.1, 0.15) is 0 Å². The summed E-state index contributed by atoms with van der Waals surface area (Å²) in [5.74, 6) is -0.433. The fourth-order valence-electron chi connectivity index (χ4n) is 1.96. The van der Waals surface area contributed by atoms with E-state index in [1.807, 2.05) is 31.2 Å². The Hall–Kier alpha value is -2.37. The molecule has 1 heterocycles. The maximum Gasteiger partial charge on any atom is 0.307 e. The van der Waals surface area contributed by atoms with Gasteiger partial charge < -0.3 is 10.1 Å². The van der Waals surface area contributed by atoms with Gasteiger partial charge >= 0.3 is 5.97 Å². The highest BCUT2D eigenvalue weighted by Gasteiger charge is 2.10. The summed E-state index contributed by atoms with van der Waals surface area (Å²) in [7, 11) is 0. The number of H-pyrrole nitrogens is 1. The second-order valence-electron chi connectivity index (χ2n) is 4.72. The fraction of sp³-hybridized carbons (Fsp3) is 0.400. The van der Waals surface area contributed by atoms with E-state index in [0.717, 1.165) is 23.0 Å². The van der Waals surface area contributed by atoms with Crippen LogP contribution in [-0.4, -0.2) is 35.2 Å². The zero-order valence-corrected chi connectivity index (χ0v) is 12.0. The number of amides is 1. The first-order valence-corrected chi connectivity index (χ1v) is 7.05. The average Bonchev–Trinajstić information content (AvgIpc) is 2.88. The summed E-state index contributed by atoms with van der Waals surface area (Å²) in [6.45, 7) is 2.64. The second-order valence-corrected chi connectivity index (χ2v) is 4.72. The molecular weight excluding hydrogens is 270 g/mol. The summed E-state index contributed by atoms with van der Waals surface area (Å²) in [5.41, 5.74) is 1.61. The van der Waals surface area contributed by atoms with Gasteiger partial charge in [-0.1, -0.05) is 25.1 Å². The van der Waals surface area contributed by atoms with Crippen molar-refractivity contribution >= 4 is 22.8 Å². The molecule has 0 fully saturated rings. The van der Waals surface area contributed by atoms with Crippen LogP contribution in [0.25, 0.3) is 10.9 Å². The number of rotatable bonds is 7. The highest BCUT2D eigenvalue weighted by molar-refractivity contribution is 5.87. The van der Waals surface area contributed by atoms with Crippen molar-refractivity contribution in [1.29, 1.82) is 0 Å². The summed E-state index contributed by atoms with van der Waals surface area (Å²) in [5, 5.41) is 10.6. The van der Waals surface area contributed by atoms with Crippen LogP contribution in [0.5, 0.6) is 0 Å². The van der Waals surface area contributed by atoms with Gasteiger partial charge in [-0.15, -0.1) is 0 Å². The Morgan fingerprint density at radius 2 is 2.14 bits per heavy atom. The van der Waals surface area contributed by atoms with Crippen molar-refractivity contribution in [2.45, 2.75) is 26.2 Å². The molecular formula is C15H19N3O3. The highest BCUT2D eigenvalue weighted by atomic mass is 16.5. The molecule has 6 heteroatoms. The minimum Gasteiger partial charge on any atom is -0.466 e. The van der Waals surface area contributed by atoms with Gasteiger partial charge in [0.2, 0.25) is 5.91 Å². The van der Waals surface area contributed by atoms with Crippen LogP contribution < -0.4 is 5.32 Å². The number of aromatic amines is 1. The third kappa shape index (κ3) is 4.30. The van der Waals surface area contributed by atoms with E-state index in [1.165, 1.54) is 0 Å². The van der Waals surface area contributed by atoms with Crippen LogP contribution in [0.3, 0.4) is 0 Å². The van der Waals surface area contributed by atoms with Crippen molar-refractivity contribution in [2.75, 3.05) is 13.2 Å². The molecule has 0 bridgehead atoms. The van der Waals surface area contributed by atoms with Crippen LogP contribution in [0.4, 0.5) is 0 Å². The van der Waals surface area contributed by atoms with E-state index in [2.05, 4.69) is 15.5 Å². The summed E-state index contributed by atoms with van der Waals surface area (Å²) < 4.78 is 4.93. The Balaban J connectivity index is 1.78. The number of benzene rings is 1. The summed E-state index contributed by atoms with van der Waals surface area (Å²) in [6, 6.07) is 7.61. The Morgan fingerprint density at radius 3 is 2.95 bits per heavy atom. The van der Waals surface area contributed by atoms with Crippen LogP contribution in [0.2, 0.25) is 0 Å². The van der Waals surface area contributed by atoms with Gasteiger partial charge in [-0.25, -0.2) is 0 Å². The number of nitrogens with one attached hydrogen (secondary N) is 2. The first kappa shape index (κ1) is 15.0. The molecule has 1 aromatic heterocycles. The predicted octanol–water partition coefficient (Wildman–Crippen LogP) is 1.56. The average molecular weight is 289 g/mol. The maximum atomic E-state index is 11.8. The summed E-state index contributed by atoms with van der Waals surface area (Å²) in [4.78, 5) is 23.1. The lowest BCUT2D eigenvalue weighted by molar-refractivity contribution is -0.143. The van der Waals surface area contributed by atoms with Crippen LogP contribution in [0.1, 0.15) is 25.5 Å². The molecule has 0 aliphatic rings. The molecule has 6 nitrogen and oxygen atoms in total. The Kier molecular flexibility index (Phi) is 5.31. The second kappa shape index (κ2) is 7.42. The first-order chi connectivity index (χ1) is 10.2. The van der Waals surface area contributed by atoms with Gasteiger partial charge in [0.15, 0.2) is 0 Å². The van der Waals surface area contributed by atoms with Gasteiger partial charge in [-0.05, 0) is 12.5 Å². The lowest BCUT2D eigenvalue weighted by atomic mass is 10.1. The number of carbonyl (C=O) groups excluding carboxylic acids is 2. The van der Waals surface area contributed by atoms with E-state index in [0.29, 0.717) is 6.61 Å². The standard InChI is InChI=1S/C15H19N3O3/c1-2-9-21-15(20)7-8-16-14(19)10-13-11-5-3-4-6-12(11)17-18-13/h3-6H,2,7-10H2,1H3,(H,16,19)(H,17,18). The lowest BCUT2D eigenvalue weighted by Gasteiger charge is -2.05. The van der Waals surface area contributed by atoms with E-state index < -0.39 is 0 Å². The van der Waals surface area contributed by atoms with E-state index in [1.54, 1.807) is 0 Å². The van der Waals surface area contributed by atoms with Crippen molar-refractivity contribution in [3.05, 3.63) is 30.0 Å². The number of aromatic nitrogens is 2. The number of fused-ring (bicyclic) bond motifs is 1. The predicted molar refractivity (Wildman–Crippen MR) is 78.7 cm³/mol. The van der Waals surface area contributed by atoms with Gasteiger partial charge in [-0.2, -0.15) is 5.10 Å². The normalized spacial score (nSPS) is 10.5. The van der Waals surface area contributed by atoms with Crippen molar-refractivity contribution in [3.63, 3.8) is 0 Å². The van der Waals surface area contributed by atoms with E-state index >= 15 is 0 Å². The SMILES string of the molecule is CCCOC(=O)CCNC(=O)Cc1[nH]nc2ccccc12. The zero-order chi connectivity index (χ0) is 15.1. The monoisotopic (exact) mass is 289 g/mol. The molecule has 0 aliphatic heterocycles. The summed E-state index contributed by atoms with van der Waals surface area (Å²) >= 11 is 0. The largest absolute Gasteiger partial charge is 0.466 e. The van der Waals surface area contributed by atoms with Gasteiger partial charge in [-0.3, -0.25) is 14.7 Å². The number of hydrogen-bond donors (Lipinski definition) is 2. The molecule has 0 radical (unpaired) electrons. The molecule has 21 heavy (non-hydrogen) atoms. The topological polar surface area (TPSA) is 84.1 Å². The van der Waals surface area contributed by atoms with E-state index in [9.17, 15) is 9.59 Å². The van der Waals surface area contributed by atoms with Crippen molar-refractivity contribution in [1.82, 2.24) is 15.5 Å². The number of carbonyl (C=O) groups is 2. The van der Waals surface area contributed by atoms with Crippen LogP contribution >= 0.6 is 0 Å². The molecule has 1 amide bonds. The smallest absolute Gasteiger partial charge is 0.307 e. The van der Waals surface area contributed by atoms with Crippen molar-refractivity contribution in [3.8, 4) is 0 Å². The number of esters is 1. The molecule has 0 saturated heterocycles. The van der Waals surface area contributed by atoms with Crippen molar-refractivity contribution < 1.29 is 14.3 Å². The number of ether oxygens (including phenoxy) is 1. The molecule has 2 rings (SSSR count). The van der Waals surface area contributed by atoms with Crippen LogP contribution in [0, 0.1) is 0 Å². The third-order valence-corrected chi connectivity index (χ3v) is 3.00. The lowest BCUT2D eigenvalue weighted by Crippen LogP contribution is -2.28. The zero-order valence-electron chi connectivity index (χ0n) is 12.0. The number of para-hydroxylation sites is 1. The molecule has 0 aliphatic carbocycles. The quantitative estimate of drug-likeness (QED) is 0.758. The molecule has 0 atom stereocenters. The van der Waals surface area contributed by atoms with Gasteiger partial charge in [0.05, 0.1) is 30.7 Å². The third-order valence-electron chi connectivity index (χ3n) is 3.00. The summed E-state index contributed by atoms with van der Waals surface area (Å²) in [6.07, 6.45) is 1.20. The first-order valence-electron chi connectivity index (χ1n) is 7.05. The minimum atomic E-state index is -0.288. The molecule has 2 N–H and O–H groups in total. The molecule has 0 unspecified atom stereocenters. The van der Waals surface area contributed by atoms with Crippen LogP contribution in [0.15, 0.2) is 24.3 Å². The fourth-order valence-corrected chi connectivity index (χ4v) is 1.96. The Labute approximate surface area is 122 Å². The Bertz CT molecular complexity index is 621. The highest BCUT2D eigenvalue weighted by Crippen LogP contribution is 2.15. The number of nitrogens with zero attached hydrogens (tertiary/aromatic N) is 1. The van der Waals surface area contributed by atoms with Gasteiger partial charge in [0, 0.05) is 11.9 Å². The maximum absolute atomic E-state index is 11.8. The van der Waals surface area contributed by atoms with Crippen LogP contribution in [-0.2, 0) is 20.7 Å². The molecule has 0 saturated carbocycles. The molecule has 112 valence electrons. The van der Waals surface area contributed by atoms with E-state index in [4.69, 9.17) is 4.74 Å². The molecule has 1 aromatic carbocycles. The van der Waals surface area contributed by atoms with Crippen molar-refractivity contribution in [2.24, 2.45) is 0 Å². The van der Waals surface area contributed by atoms with E-state index in [-0.39, 0.29) is 31.3 Å².